The predicted octanol–water partition coefficient (Wildman–Crippen LogP) is 2.34. The van der Waals surface area contributed by atoms with Crippen molar-refractivity contribution in [1.82, 2.24) is 10.2 Å². The molecule has 6 heteroatoms. The van der Waals surface area contributed by atoms with Crippen molar-refractivity contribution >= 4 is 17.5 Å². The summed E-state index contributed by atoms with van der Waals surface area (Å²) in [4.78, 5) is 25.7. The fourth-order valence-electron chi connectivity index (χ4n) is 2.28. The molecular weight excluding hydrogens is 306 g/mol. The lowest BCUT2D eigenvalue weighted by Crippen LogP contribution is -2.39. The minimum atomic E-state index is -0.206. The Morgan fingerprint density at radius 1 is 1.12 bits per heavy atom. The molecule has 1 aromatic carbocycles. The Bertz CT molecular complexity index is 665. The normalized spacial score (nSPS) is 12.0. The summed E-state index contributed by atoms with van der Waals surface area (Å²) in [5, 5.41) is 5.65. The van der Waals surface area contributed by atoms with Gasteiger partial charge in [-0.3, -0.25) is 14.5 Å². The summed E-state index contributed by atoms with van der Waals surface area (Å²) < 4.78 is 5.25. The molecule has 0 unspecified atom stereocenters. The molecule has 0 fully saturated rings. The van der Waals surface area contributed by atoms with Gasteiger partial charge in [-0.1, -0.05) is 17.7 Å². The third-order valence-corrected chi connectivity index (χ3v) is 3.51. The first-order valence-corrected chi connectivity index (χ1v) is 7.82. The van der Waals surface area contributed by atoms with Gasteiger partial charge in [0.2, 0.25) is 11.8 Å². The van der Waals surface area contributed by atoms with Gasteiger partial charge in [0.15, 0.2) is 0 Å². The first kappa shape index (κ1) is 17.7. The molecule has 24 heavy (non-hydrogen) atoms. The van der Waals surface area contributed by atoms with E-state index in [1.807, 2.05) is 44.2 Å². The maximum Gasteiger partial charge on any atom is 0.238 e. The van der Waals surface area contributed by atoms with Gasteiger partial charge in [-0.15, -0.1) is 0 Å². The van der Waals surface area contributed by atoms with Crippen molar-refractivity contribution in [2.45, 2.75) is 19.9 Å². The summed E-state index contributed by atoms with van der Waals surface area (Å²) in [7, 11) is 1.73. The van der Waals surface area contributed by atoms with Crippen LogP contribution in [0.2, 0.25) is 0 Å². The molecule has 6 nitrogen and oxygen atoms in total. The van der Waals surface area contributed by atoms with Crippen LogP contribution in [0.5, 0.6) is 0 Å². The van der Waals surface area contributed by atoms with Crippen LogP contribution in [0.15, 0.2) is 47.1 Å². The molecule has 2 N–H and O–H groups in total. The number of aryl methyl sites for hydroxylation is 1. The van der Waals surface area contributed by atoms with Gasteiger partial charge in [0.25, 0.3) is 0 Å². The highest BCUT2D eigenvalue weighted by atomic mass is 16.3. The van der Waals surface area contributed by atoms with Gasteiger partial charge in [0.1, 0.15) is 5.76 Å². The zero-order valence-corrected chi connectivity index (χ0v) is 14.2. The van der Waals surface area contributed by atoms with Crippen LogP contribution in [-0.4, -0.2) is 36.9 Å². The number of amides is 2. The Morgan fingerprint density at radius 2 is 1.79 bits per heavy atom. The Labute approximate surface area is 141 Å². The van der Waals surface area contributed by atoms with E-state index >= 15 is 0 Å². The van der Waals surface area contributed by atoms with Crippen LogP contribution < -0.4 is 10.6 Å². The standard InChI is InChI=1S/C18H23N3O3/c1-13-6-8-15(9-7-13)20-18(23)12-21(3)11-17(22)19-14(2)16-5-4-10-24-16/h4-10,14H,11-12H2,1-3H3,(H,19,22)(H,20,23)/t14-/m0/s1. The molecule has 2 rings (SSSR count). The van der Waals surface area contributed by atoms with Crippen molar-refractivity contribution in [3.8, 4) is 0 Å². The van der Waals surface area contributed by atoms with Crippen LogP contribution in [0.3, 0.4) is 0 Å². The topological polar surface area (TPSA) is 74.6 Å². The quantitative estimate of drug-likeness (QED) is 0.817. The zero-order chi connectivity index (χ0) is 17.5. The van der Waals surface area contributed by atoms with Crippen LogP contribution in [0.1, 0.15) is 24.3 Å². The molecule has 0 aliphatic carbocycles. The van der Waals surface area contributed by atoms with E-state index in [0.717, 1.165) is 11.3 Å². The number of anilines is 1. The van der Waals surface area contributed by atoms with Gasteiger partial charge >= 0.3 is 0 Å². The van der Waals surface area contributed by atoms with Gasteiger partial charge < -0.3 is 15.1 Å². The number of hydrogen-bond acceptors (Lipinski definition) is 4. The summed E-state index contributed by atoms with van der Waals surface area (Å²) in [5.41, 5.74) is 1.88. The van der Waals surface area contributed by atoms with Gasteiger partial charge in [-0.2, -0.15) is 0 Å². The molecule has 0 saturated heterocycles. The van der Waals surface area contributed by atoms with E-state index in [-0.39, 0.29) is 30.9 Å². The number of carbonyl (C=O) groups is 2. The van der Waals surface area contributed by atoms with Crippen molar-refractivity contribution in [2.24, 2.45) is 0 Å². The Morgan fingerprint density at radius 3 is 2.42 bits per heavy atom. The summed E-state index contributed by atoms with van der Waals surface area (Å²) in [6.07, 6.45) is 1.57. The number of carbonyl (C=O) groups excluding carboxylic acids is 2. The monoisotopic (exact) mass is 329 g/mol. The van der Waals surface area contributed by atoms with E-state index in [1.54, 1.807) is 24.3 Å². The fourth-order valence-corrected chi connectivity index (χ4v) is 2.28. The molecular formula is C18H23N3O3. The Kier molecular flexibility index (Phi) is 6.14. The lowest BCUT2D eigenvalue weighted by atomic mass is 10.2. The van der Waals surface area contributed by atoms with E-state index < -0.39 is 0 Å². The van der Waals surface area contributed by atoms with E-state index in [2.05, 4.69) is 10.6 Å². The first-order chi connectivity index (χ1) is 11.4. The van der Waals surface area contributed by atoms with Crippen molar-refractivity contribution < 1.29 is 14.0 Å². The lowest BCUT2D eigenvalue weighted by Gasteiger charge is -2.18. The summed E-state index contributed by atoms with van der Waals surface area (Å²) in [6, 6.07) is 11.0. The number of furan rings is 1. The third-order valence-electron chi connectivity index (χ3n) is 3.51. The second-order valence-corrected chi connectivity index (χ2v) is 5.89. The molecule has 0 radical (unpaired) electrons. The van der Waals surface area contributed by atoms with E-state index in [9.17, 15) is 9.59 Å². The maximum absolute atomic E-state index is 12.0. The lowest BCUT2D eigenvalue weighted by molar-refractivity contribution is -0.123. The molecule has 2 amide bonds. The highest BCUT2D eigenvalue weighted by molar-refractivity contribution is 5.92. The molecule has 1 aromatic heterocycles. The highest BCUT2D eigenvalue weighted by Gasteiger charge is 2.15. The van der Waals surface area contributed by atoms with Gasteiger partial charge in [0.05, 0.1) is 25.4 Å². The molecule has 1 heterocycles. The largest absolute Gasteiger partial charge is 0.467 e. The van der Waals surface area contributed by atoms with Crippen molar-refractivity contribution in [3.05, 3.63) is 54.0 Å². The Balaban J connectivity index is 1.75. The first-order valence-electron chi connectivity index (χ1n) is 7.82. The highest BCUT2D eigenvalue weighted by Crippen LogP contribution is 2.12. The van der Waals surface area contributed by atoms with Crippen molar-refractivity contribution in [2.75, 3.05) is 25.5 Å². The minimum Gasteiger partial charge on any atom is -0.467 e. The van der Waals surface area contributed by atoms with Gasteiger partial charge in [-0.25, -0.2) is 0 Å². The number of nitrogens with zero attached hydrogens (tertiary/aromatic N) is 1. The summed E-state index contributed by atoms with van der Waals surface area (Å²) in [6.45, 7) is 4.10. The van der Waals surface area contributed by atoms with Crippen molar-refractivity contribution in [1.29, 1.82) is 0 Å². The molecule has 0 aliphatic rings. The molecule has 0 aliphatic heterocycles. The third kappa shape index (κ3) is 5.55. The molecule has 0 saturated carbocycles. The molecule has 0 bridgehead atoms. The predicted molar refractivity (Wildman–Crippen MR) is 92.6 cm³/mol. The average molecular weight is 329 g/mol. The van der Waals surface area contributed by atoms with Crippen LogP contribution in [0, 0.1) is 6.92 Å². The number of rotatable bonds is 7. The van der Waals surface area contributed by atoms with Crippen LogP contribution in [0.4, 0.5) is 5.69 Å². The van der Waals surface area contributed by atoms with Gasteiger partial charge in [0, 0.05) is 5.69 Å². The average Bonchev–Trinajstić information content (AvgIpc) is 3.03. The van der Waals surface area contributed by atoms with E-state index in [0.29, 0.717) is 5.76 Å². The second kappa shape index (κ2) is 8.31. The fraction of sp³-hybridized carbons (Fsp3) is 0.333. The smallest absolute Gasteiger partial charge is 0.238 e. The zero-order valence-electron chi connectivity index (χ0n) is 14.2. The molecule has 128 valence electrons. The molecule has 2 aromatic rings. The second-order valence-electron chi connectivity index (χ2n) is 5.89. The molecule has 1 atom stereocenters. The number of benzene rings is 1. The number of likely N-dealkylation sites (N-methyl/N-ethyl adjacent to an activating group) is 1. The van der Waals surface area contributed by atoms with E-state index in [1.165, 1.54) is 0 Å². The minimum absolute atomic E-state index is 0.131. The van der Waals surface area contributed by atoms with E-state index in [4.69, 9.17) is 4.42 Å². The number of hydrogen-bond donors (Lipinski definition) is 2. The van der Waals surface area contributed by atoms with Crippen molar-refractivity contribution in [3.63, 3.8) is 0 Å². The summed E-state index contributed by atoms with van der Waals surface area (Å²) in [5.74, 6) is 0.376. The van der Waals surface area contributed by atoms with Crippen LogP contribution >= 0.6 is 0 Å². The SMILES string of the molecule is Cc1ccc(NC(=O)CN(C)CC(=O)N[C@@H](C)c2ccco2)cc1. The summed E-state index contributed by atoms with van der Waals surface area (Å²) >= 11 is 0. The maximum atomic E-state index is 12.0. The van der Waals surface area contributed by atoms with Crippen LogP contribution in [-0.2, 0) is 9.59 Å². The number of nitrogens with one attached hydrogen (secondary N) is 2. The van der Waals surface area contributed by atoms with Crippen LogP contribution in [0.25, 0.3) is 0 Å². The van der Waals surface area contributed by atoms with Gasteiger partial charge in [-0.05, 0) is 45.2 Å². The Hall–Kier alpha value is -2.60. The molecule has 0 spiro atoms.